The number of likely N-dealkylation sites (N-methyl/N-ethyl adjacent to an activating group) is 1. The highest BCUT2D eigenvalue weighted by Crippen LogP contribution is 2.26. The molecule has 0 unspecified atom stereocenters. The number of carbonyl (C=O) groups excluding carboxylic acids is 1. The van der Waals surface area contributed by atoms with Crippen LogP contribution < -0.4 is 10.5 Å². The summed E-state index contributed by atoms with van der Waals surface area (Å²) in [5.41, 5.74) is 6.79. The van der Waals surface area contributed by atoms with Crippen molar-refractivity contribution in [1.29, 1.82) is 0 Å². The van der Waals surface area contributed by atoms with Crippen LogP contribution in [0.25, 0.3) is 0 Å². The molecule has 1 amide bonds. The van der Waals surface area contributed by atoms with E-state index in [0.717, 1.165) is 18.4 Å². The first-order chi connectivity index (χ1) is 8.59. The first-order valence-electron chi connectivity index (χ1n) is 6.32. The third-order valence-corrected chi connectivity index (χ3v) is 3.25. The van der Waals surface area contributed by atoms with Gasteiger partial charge in [0.1, 0.15) is 5.75 Å². The number of hydrogen-bond acceptors (Lipinski definition) is 3. The van der Waals surface area contributed by atoms with Gasteiger partial charge in [-0.05, 0) is 25.8 Å². The van der Waals surface area contributed by atoms with Gasteiger partial charge in [-0.15, -0.1) is 0 Å². The maximum Gasteiger partial charge on any atom is 0.260 e. The van der Waals surface area contributed by atoms with Crippen LogP contribution >= 0.6 is 0 Å². The zero-order valence-corrected chi connectivity index (χ0v) is 10.9. The van der Waals surface area contributed by atoms with E-state index < -0.39 is 0 Å². The van der Waals surface area contributed by atoms with Crippen molar-refractivity contribution in [2.45, 2.75) is 31.8 Å². The molecule has 18 heavy (non-hydrogen) atoms. The molecule has 1 aromatic rings. The Hall–Kier alpha value is -1.55. The standard InChI is InChI=1S/C14H20N2O2/c1-10(15)12-5-3-4-6-13(12)18-9-14(17)16(2)11-7-8-11/h3-6,10-11H,7-9,15H2,1-2H3/t10-/m0/s1. The van der Waals surface area contributed by atoms with E-state index in [0.29, 0.717) is 11.8 Å². The van der Waals surface area contributed by atoms with Gasteiger partial charge in [0.05, 0.1) is 0 Å². The van der Waals surface area contributed by atoms with Crippen LogP contribution in [0.1, 0.15) is 31.4 Å². The lowest BCUT2D eigenvalue weighted by molar-refractivity contribution is -0.132. The molecular formula is C14H20N2O2. The summed E-state index contributed by atoms with van der Waals surface area (Å²) in [5.74, 6) is 0.724. The first kappa shape index (κ1) is 12.9. The predicted octanol–water partition coefficient (Wildman–Crippen LogP) is 1.71. The summed E-state index contributed by atoms with van der Waals surface area (Å²) < 4.78 is 5.59. The molecule has 0 heterocycles. The van der Waals surface area contributed by atoms with Crippen molar-refractivity contribution in [2.75, 3.05) is 13.7 Å². The first-order valence-corrected chi connectivity index (χ1v) is 6.32. The second kappa shape index (κ2) is 5.40. The van der Waals surface area contributed by atoms with Crippen LogP contribution in [0.2, 0.25) is 0 Å². The minimum atomic E-state index is -0.0996. The number of amides is 1. The molecule has 0 aromatic heterocycles. The molecule has 1 saturated carbocycles. The molecule has 1 fully saturated rings. The monoisotopic (exact) mass is 248 g/mol. The van der Waals surface area contributed by atoms with E-state index in [1.165, 1.54) is 0 Å². The SMILES string of the molecule is C[C@H](N)c1ccccc1OCC(=O)N(C)C1CC1. The second-order valence-electron chi connectivity index (χ2n) is 4.85. The Morgan fingerprint density at radius 1 is 1.50 bits per heavy atom. The Labute approximate surface area is 108 Å². The van der Waals surface area contributed by atoms with Crippen molar-refractivity contribution < 1.29 is 9.53 Å². The van der Waals surface area contributed by atoms with Crippen molar-refractivity contribution in [3.05, 3.63) is 29.8 Å². The normalized spacial score (nSPS) is 16.2. The van der Waals surface area contributed by atoms with Crippen LogP contribution in [0.15, 0.2) is 24.3 Å². The molecule has 0 saturated heterocycles. The molecule has 1 aromatic carbocycles. The van der Waals surface area contributed by atoms with Gasteiger partial charge in [-0.1, -0.05) is 18.2 Å². The van der Waals surface area contributed by atoms with Crippen LogP contribution in [0.4, 0.5) is 0 Å². The Balaban J connectivity index is 1.95. The highest BCUT2D eigenvalue weighted by Gasteiger charge is 2.29. The molecule has 98 valence electrons. The maximum atomic E-state index is 11.8. The molecule has 0 aliphatic heterocycles. The quantitative estimate of drug-likeness (QED) is 0.863. The van der Waals surface area contributed by atoms with Crippen LogP contribution in [-0.4, -0.2) is 30.5 Å². The lowest BCUT2D eigenvalue weighted by atomic mass is 10.1. The fourth-order valence-corrected chi connectivity index (χ4v) is 1.89. The molecule has 4 heteroatoms. The average molecular weight is 248 g/mol. The highest BCUT2D eigenvalue weighted by molar-refractivity contribution is 5.78. The molecule has 1 aliphatic carbocycles. The van der Waals surface area contributed by atoms with Crippen molar-refractivity contribution in [2.24, 2.45) is 5.73 Å². The molecule has 2 rings (SSSR count). The maximum absolute atomic E-state index is 11.8. The molecule has 4 nitrogen and oxygen atoms in total. The summed E-state index contributed by atoms with van der Waals surface area (Å²) in [6, 6.07) is 7.90. The van der Waals surface area contributed by atoms with Gasteiger partial charge in [0.15, 0.2) is 6.61 Å². The number of ether oxygens (including phenoxy) is 1. The molecule has 0 radical (unpaired) electrons. The van der Waals surface area contributed by atoms with E-state index in [1.807, 2.05) is 38.2 Å². The van der Waals surface area contributed by atoms with E-state index in [9.17, 15) is 4.79 Å². The van der Waals surface area contributed by atoms with Gasteiger partial charge in [-0.25, -0.2) is 0 Å². The third-order valence-electron chi connectivity index (χ3n) is 3.25. The van der Waals surface area contributed by atoms with Crippen LogP contribution in [-0.2, 0) is 4.79 Å². The van der Waals surface area contributed by atoms with Gasteiger partial charge in [0.25, 0.3) is 5.91 Å². The van der Waals surface area contributed by atoms with Gasteiger partial charge in [-0.3, -0.25) is 4.79 Å². The lowest BCUT2D eigenvalue weighted by Crippen LogP contribution is -2.33. The summed E-state index contributed by atoms with van der Waals surface area (Å²) in [7, 11) is 1.83. The van der Waals surface area contributed by atoms with E-state index in [4.69, 9.17) is 10.5 Å². The zero-order valence-electron chi connectivity index (χ0n) is 10.9. The summed E-state index contributed by atoms with van der Waals surface area (Å²) in [6.07, 6.45) is 2.22. The van der Waals surface area contributed by atoms with E-state index >= 15 is 0 Å². The van der Waals surface area contributed by atoms with Gasteiger partial charge in [-0.2, -0.15) is 0 Å². The number of rotatable bonds is 5. The van der Waals surface area contributed by atoms with E-state index in [2.05, 4.69) is 0 Å². The van der Waals surface area contributed by atoms with Crippen LogP contribution in [0.5, 0.6) is 5.75 Å². The molecule has 1 aliphatic rings. The van der Waals surface area contributed by atoms with Gasteiger partial charge in [0, 0.05) is 24.7 Å². The Morgan fingerprint density at radius 3 is 2.78 bits per heavy atom. The average Bonchev–Trinajstić information content (AvgIpc) is 3.19. The number of carbonyl (C=O) groups is 1. The summed E-state index contributed by atoms with van der Waals surface area (Å²) >= 11 is 0. The minimum Gasteiger partial charge on any atom is -0.483 e. The number of benzene rings is 1. The van der Waals surface area contributed by atoms with E-state index in [-0.39, 0.29) is 18.6 Å². The van der Waals surface area contributed by atoms with E-state index in [1.54, 1.807) is 4.90 Å². The lowest BCUT2D eigenvalue weighted by Gasteiger charge is -2.18. The number of nitrogens with two attached hydrogens (primary N) is 1. The van der Waals surface area contributed by atoms with Crippen LogP contribution in [0.3, 0.4) is 0 Å². The number of hydrogen-bond donors (Lipinski definition) is 1. The predicted molar refractivity (Wildman–Crippen MR) is 70.3 cm³/mol. The minimum absolute atomic E-state index is 0.0250. The topological polar surface area (TPSA) is 55.6 Å². The second-order valence-corrected chi connectivity index (χ2v) is 4.85. The smallest absolute Gasteiger partial charge is 0.260 e. The Kier molecular flexibility index (Phi) is 3.87. The van der Waals surface area contributed by atoms with Crippen molar-refractivity contribution in [1.82, 2.24) is 4.90 Å². The summed E-state index contributed by atoms with van der Waals surface area (Å²) in [6.45, 7) is 1.98. The molecule has 0 bridgehead atoms. The fraction of sp³-hybridized carbons (Fsp3) is 0.500. The molecular weight excluding hydrogens is 228 g/mol. The van der Waals surface area contributed by atoms with Gasteiger partial charge < -0.3 is 15.4 Å². The molecule has 1 atom stereocenters. The zero-order chi connectivity index (χ0) is 13.1. The molecule has 0 spiro atoms. The van der Waals surface area contributed by atoms with Crippen molar-refractivity contribution >= 4 is 5.91 Å². The number of para-hydroxylation sites is 1. The van der Waals surface area contributed by atoms with Gasteiger partial charge in [0.2, 0.25) is 0 Å². The van der Waals surface area contributed by atoms with Crippen molar-refractivity contribution in [3.8, 4) is 5.75 Å². The Morgan fingerprint density at radius 2 is 2.17 bits per heavy atom. The fourth-order valence-electron chi connectivity index (χ4n) is 1.89. The highest BCUT2D eigenvalue weighted by atomic mass is 16.5. The summed E-state index contributed by atoms with van der Waals surface area (Å²) in [4.78, 5) is 13.6. The Bertz CT molecular complexity index is 428. The van der Waals surface area contributed by atoms with Gasteiger partial charge >= 0.3 is 0 Å². The number of nitrogens with zero attached hydrogens (tertiary/aromatic N) is 1. The summed E-state index contributed by atoms with van der Waals surface area (Å²) in [5, 5.41) is 0. The van der Waals surface area contributed by atoms with Crippen molar-refractivity contribution in [3.63, 3.8) is 0 Å². The largest absolute Gasteiger partial charge is 0.483 e. The third kappa shape index (κ3) is 3.01. The van der Waals surface area contributed by atoms with Crippen LogP contribution in [0, 0.1) is 0 Å². The molecule has 2 N–H and O–H groups in total.